The molecule has 0 radical (unpaired) electrons. The summed E-state index contributed by atoms with van der Waals surface area (Å²) in [5, 5.41) is 0.607. The van der Waals surface area contributed by atoms with E-state index < -0.39 is 0 Å². The molecule has 3 aromatic carbocycles. The van der Waals surface area contributed by atoms with E-state index in [1.807, 2.05) is 42.5 Å². The second kappa shape index (κ2) is 10.9. The van der Waals surface area contributed by atoms with Crippen molar-refractivity contribution >= 4 is 57.6 Å². The van der Waals surface area contributed by atoms with Crippen molar-refractivity contribution in [3.63, 3.8) is 0 Å². The van der Waals surface area contributed by atoms with Gasteiger partial charge in [0.1, 0.15) is 24.7 Å². The molecule has 0 spiro atoms. The Bertz CT molecular complexity index is 1250. The molecule has 1 fully saturated rings. The lowest BCUT2D eigenvalue weighted by Crippen LogP contribution is -2.27. The van der Waals surface area contributed by atoms with Crippen molar-refractivity contribution in [2.75, 3.05) is 18.1 Å². The molecule has 1 heterocycles. The number of carbonyl (C=O) groups excluding carboxylic acids is 1. The summed E-state index contributed by atoms with van der Waals surface area (Å²) in [4.78, 5) is 15.1. The molecule has 0 aromatic heterocycles. The number of thiocarbonyl (C=S) groups is 1. The van der Waals surface area contributed by atoms with Gasteiger partial charge in [-0.05, 0) is 71.1 Å². The second-order valence-electron chi connectivity index (χ2n) is 9.04. The van der Waals surface area contributed by atoms with E-state index in [1.54, 1.807) is 24.3 Å². The Morgan fingerprint density at radius 2 is 1.60 bits per heavy atom. The maximum absolute atomic E-state index is 13.0. The second-order valence-corrected chi connectivity index (χ2v) is 11.1. The molecule has 7 heteroatoms. The summed E-state index contributed by atoms with van der Waals surface area (Å²) >= 11 is 12.7. The van der Waals surface area contributed by atoms with E-state index in [2.05, 4.69) is 32.9 Å². The molecule has 0 bridgehead atoms. The minimum absolute atomic E-state index is 0.114. The van der Waals surface area contributed by atoms with E-state index >= 15 is 0 Å². The average molecular weight is 524 g/mol. The molecule has 0 aliphatic carbocycles. The quantitative estimate of drug-likeness (QED) is 0.182. The van der Waals surface area contributed by atoms with E-state index in [4.69, 9.17) is 33.3 Å². The first-order valence-electron chi connectivity index (χ1n) is 11.2. The van der Waals surface area contributed by atoms with E-state index in [1.165, 1.54) is 22.2 Å². The zero-order chi connectivity index (χ0) is 25.0. The highest BCUT2D eigenvalue weighted by molar-refractivity contribution is 8.27. The molecule has 0 saturated carbocycles. The van der Waals surface area contributed by atoms with Crippen molar-refractivity contribution in [1.29, 1.82) is 0 Å². The van der Waals surface area contributed by atoms with Crippen LogP contribution in [0.4, 0.5) is 5.69 Å². The van der Waals surface area contributed by atoms with Gasteiger partial charge in [-0.25, -0.2) is 0 Å². The van der Waals surface area contributed by atoms with Gasteiger partial charge in [-0.2, -0.15) is 0 Å². The summed E-state index contributed by atoms with van der Waals surface area (Å²) in [5.74, 6) is 1.37. The van der Waals surface area contributed by atoms with Gasteiger partial charge in [0.25, 0.3) is 5.91 Å². The van der Waals surface area contributed by atoms with E-state index in [-0.39, 0.29) is 11.3 Å². The first kappa shape index (κ1) is 25.3. The van der Waals surface area contributed by atoms with Crippen molar-refractivity contribution in [3.05, 3.63) is 93.9 Å². The van der Waals surface area contributed by atoms with Gasteiger partial charge in [-0.3, -0.25) is 9.69 Å². The number of thioether (sulfide) groups is 1. The molecular formula is C28H26ClNO3S2. The highest BCUT2D eigenvalue weighted by Gasteiger charge is 2.33. The predicted molar refractivity (Wildman–Crippen MR) is 150 cm³/mol. The third kappa shape index (κ3) is 6.45. The number of hydrogen-bond acceptors (Lipinski definition) is 5. The molecule has 4 rings (SSSR count). The molecular weight excluding hydrogens is 498 g/mol. The fourth-order valence-corrected chi connectivity index (χ4v) is 4.92. The van der Waals surface area contributed by atoms with Crippen LogP contribution in [0.1, 0.15) is 31.9 Å². The number of rotatable bonds is 7. The van der Waals surface area contributed by atoms with Crippen LogP contribution in [0.15, 0.2) is 77.7 Å². The van der Waals surface area contributed by atoms with Crippen molar-refractivity contribution in [3.8, 4) is 11.5 Å². The van der Waals surface area contributed by atoms with Crippen LogP contribution >= 0.6 is 35.6 Å². The molecule has 180 valence electrons. The van der Waals surface area contributed by atoms with Gasteiger partial charge < -0.3 is 9.47 Å². The largest absolute Gasteiger partial charge is 0.490 e. The lowest BCUT2D eigenvalue weighted by atomic mass is 9.87. The van der Waals surface area contributed by atoms with Crippen LogP contribution < -0.4 is 14.4 Å². The molecule has 35 heavy (non-hydrogen) atoms. The number of amides is 1. The molecule has 1 saturated heterocycles. The molecule has 0 N–H and O–H groups in total. The van der Waals surface area contributed by atoms with Crippen molar-refractivity contribution < 1.29 is 14.3 Å². The Labute approximate surface area is 220 Å². The number of halogens is 1. The number of nitrogens with zero attached hydrogens (tertiary/aromatic N) is 1. The standard InChI is InChI=1S/C28H26ClNO3S2/c1-28(2,3)20-7-13-23(14-8-20)32-15-16-33-24-6-4-5-19(17-24)18-25-26(31)30(27(34)35-25)22-11-9-21(29)10-12-22/h4-14,17-18H,15-16H2,1-3H3/b25-18+. The Morgan fingerprint density at radius 1 is 0.943 bits per heavy atom. The third-order valence-corrected chi connectivity index (χ3v) is 6.93. The van der Waals surface area contributed by atoms with Crippen LogP contribution in [-0.2, 0) is 10.2 Å². The maximum Gasteiger partial charge on any atom is 0.270 e. The number of benzene rings is 3. The van der Waals surface area contributed by atoms with Gasteiger partial charge in [0.2, 0.25) is 0 Å². The van der Waals surface area contributed by atoms with Gasteiger partial charge in [-0.1, -0.05) is 80.6 Å². The van der Waals surface area contributed by atoms with E-state index in [0.717, 1.165) is 11.3 Å². The Balaban J connectivity index is 1.34. The smallest absolute Gasteiger partial charge is 0.270 e. The Morgan fingerprint density at radius 3 is 2.26 bits per heavy atom. The number of hydrogen-bond donors (Lipinski definition) is 0. The fourth-order valence-electron chi connectivity index (χ4n) is 3.50. The minimum atomic E-state index is -0.153. The summed E-state index contributed by atoms with van der Waals surface area (Å²) in [6.07, 6.45) is 1.83. The van der Waals surface area contributed by atoms with Gasteiger partial charge >= 0.3 is 0 Å². The molecule has 0 unspecified atom stereocenters. The number of carbonyl (C=O) groups is 1. The molecule has 0 atom stereocenters. The summed E-state index contributed by atoms with van der Waals surface area (Å²) < 4.78 is 12.2. The lowest BCUT2D eigenvalue weighted by molar-refractivity contribution is -0.113. The van der Waals surface area contributed by atoms with Crippen LogP contribution in [-0.4, -0.2) is 23.4 Å². The first-order chi connectivity index (χ1) is 16.7. The Hall–Kier alpha value is -2.80. The minimum Gasteiger partial charge on any atom is -0.490 e. The number of anilines is 1. The lowest BCUT2D eigenvalue weighted by Gasteiger charge is -2.19. The zero-order valence-corrected chi connectivity index (χ0v) is 22.2. The third-order valence-electron chi connectivity index (χ3n) is 5.38. The van der Waals surface area contributed by atoms with Crippen LogP contribution in [0, 0.1) is 0 Å². The van der Waals surface area contributed by atoms with Crippen molar-refractivity contribution in [1.82, 2.24) is 0 Å². The summed E-state index contributed by atoms with van der Waals surface area (Å²) in [6.45, 7) is 7.39. The normalized spacial score (nSPS) is 15.1. The predicted octanol–water partition coefficient (Wildman–Crippen LogP) is 7.50. The van der Waals surface area contributed by atoms with Gasteiger partial charge in [0.15, 0.2) is 4.32 Å². The van der Waals surface area contributed by atoms with E-state index in [0.29, 0.717) is 38.9 Å². The molecule has 1 amide bonds. The Kier molecular flexibility index (Phi) is 7.85. The fraction of sp³-hybridized carbons (Fsp3) is 0.214. The first-order valence-corrected chi connectivity index (χ1v) is 12.8. The van der Waals surface area contributed by atoms with Gasteiger partial charge in [-0.15, -0.1) is 0 Å². The van der Waals surface area contributed by atoms with E-state index in [9.17, 15) is 4.79 Å². The molecule has 1 aliphatic heterocycles. The summed E-state index contributed by atoms with van der Waals surface area (Å²) in [5.41, 5.74) is 2.94. The van der Waals surface area contributed by atoms with Crippen LogP contribution in [0.3, 0.4) is 0 Å². The zero-order valence-electron chi connectivity index (χ0n) is 19.8. The molecule has 3 aromatic rings. The van der Waals surface area contributed by atoms with Gasteiger partial charge in [0.05, 0.1) is 10.6 Å². The molecule has 1 aliphatic rings. The van der Waals surface area contributed by atoms with Gasteiger partial charge in [0, 0.05) is 5.02 Å². The topological polar surface area (TPSA) is 38.8 Å². The average Bonchev–Trinajstić information content (AvgIpc) is 3.10. The highest BCUT2D eigenvalue weighted by atomic mass is 35.5. The molecule has 4 nitrogen and oxygen atoms in total. The van der Waals surface area contributed by atoms with Crippen LogP contribution in [0.25, 0.3) is 6.08 Å². The summed E-state index contributed by atoms with van der Waals surface area (Å²) in [7, 11) is 0. The maximum atomic E-state index is 13.0. The number of ether oxygens (including phenoxy) is 2. The van der Waals surface area contributed by atoms with Crippen molar-refractivity contribution in [2.45, 2.75) is 26.2 Å². The monoisotopic (exact) mass is 523 g/mol. The SMILES string of the molecule is CC(C)(C)c1ccc(OCCOc2cccc(/C=C3/SC(=S)N(c4ccc(Cl)cc4)C3=O)c2)cc1. The van der Waals surface area contributed by atoms with Crippen molar-refractivity contribution in [2.24, 2.45) is 0 Å². The highest BCUT2D eigenvalue weighted by Crippen LogP contribution is 2.36. The summed E-state index contributed by atoms with van der Waals surface area (Å²) in [6, 6.07) is 22.8. The van der Waals surface area contributed by atoms with Crippen LogP contribution in [0.5, 0.6) is 11.5 Å². The van der Waals surface area contributed by atoms with Crippen LogP contribution in [0.2, 0.25) is 5.02 Å².